The molecule has 0 aliphatic carbocycles. The molecule has 4 nitrogen and oxygen atoms in total. The van der Waals surface area contributed by atoms with Crippen LogP contribution < -0.4 is 5.73 Å². The van der Waals surface area contributed by atoms with Crippen molar-refractivity contribution in [3.8, 4) is 0 Å². The van der Waals surface area contributed by atoms with Gasteiger partial charge in [0.25, 0.3) is 0 Å². The summed E-state index contributed by atoms with van der Waals surface area (Å²) in [5.74, 6) is 0. The number of hydrogen-bond acceptors (Lipinski definition) is 4. The summed E-state index contributed by atoms with van der Waals surface area (Å²) in [6, 6.07) is 9.53. The third-order valence-electron chi connectivity index (χ3n) is 4.65. The van der Waals surface area contributed by atoms with E-state index in [0.29, 0.717) is 18.6 Å². The fourth-order valence-corrected chi connectivity index (χ4v) is 3.92. The second-order valence-electron chi connectivity index (χ2n) is 5.89. The molecular weight excluding hydrogens is 330 g/mol. The van der Waals surface area contributed by atoms with Crippen LogP contribution in [0.3, 0.4) is 0 Å². The number of rotatable bonds is 4. The molecule has 2 aliphatic heterocycles. The van der Waals surface area contributed by atoms with Gasteiger partial charge in [-0.3, -0.25) is 9.80 Å². The highest BCUT2D eigenvalue weighted by Crippen LogP contribution is 2.28. The van der Waals surface area contributed by atoms with E-state index in [9.17, 15) is 0 Å². The standard InChI is InChI=1S/C16H24BrN3O/c17-14-3-1-2-13(10-14)16(11-18)20-5-4-15(12-20)19-6-8-21-9-7-19/h1-3,10,15-16H,4-9,11-12,18H2. The van der Waals surface area contributed by atoms with E-state index in [4.69, 9.17) is 10.5 Å². The minimum atomic E-state index is 0.327. The van der Waals surface area contributed by atoms with Crippen molar-refractivity contribution in [1.82, 2.24) is 9.80 Å². The smallest absolute Gasteiger partial charge is 0.0594 e. The third-order valence-corrected chi connectivity index (χ3v) is 5.15. The molecule has 5 heteroatoms. The summed E-state index contributed by atoms with van der Waals surface area (Å²) < 4.78 is 6.58. The average molecular weight is 354 g/mol. The molecule has 2 N–H and O–H groups in total. The fourth-order valence-electron chi connectivity index (χ4n) is 3.50. The van der Waals surface area contributed by atoms with Crippen LogP contribution >= 0.6 is 15.9 Å². The number of morpholine rings is 1. The molecule has 3 rings (SSSR count). The van der Waals surface area contributed by atoms with Crippen LogP contribution in [0.25, 0.3) is 0 Å². The van der Waals surface area contributed by atoms with E-state index in [-0.39, 0.29) is 0 Å². The molecule has 1 aromatic carbocycles. The highest BCUT2D eigenvalue weighted by Gasteiger charge is 2.32. The Hall–Kier alpha value is -0.460. The highest BCUT2D eigenvalue weighted by atomic mass is 79.9. The van der Waals surface area contributed by atoms with E-state index in [1.807, 2.05) is 0 Å². The topological polar surface area (TPSA) is 41.7 Å². The van der Waals surface area contributed by atoms with Crippen molar-refractivity contribution in [2.45, 2.75) is 18.5 Å². The molecule has 2 heterocycles. The fraction of sp³-hybridized carbons (Fsp3) is 0.625. The van der Waals surface area contributed by atoms with Crippen LogP contribution in [0.1, 0.15) is 18.0 Å². The van der Waals surface area contributed by atoms with Gasteiger partial charge in [0.15, 0.2) is 0 Å². The van der Waals surface area contributed by atoms with Crippen molar-refractivity contribution in [3.05, 3.63) is 34.3 Å². The molecule has 2 saturated heterocycles. The lowest BCUT2D eigenvalue weighted by Gasteiger charge is -2.33. The van der Waals surface area contributed by atoms with E-state index in [2.05, 4.69) is 50.0 Å². The quantitative estimate of drug-likeness (QED) is 0.896. The Balaban J connectivity index is 1.65. The molecule has 1 aromatic rings. The van der Waals surface area contributed by atoms with Crippen molar-refractivity contribution in [2.75, 3.05) is 45.9 Å². The molecule has 21 heavy (non-hydrogen) atoms. The molecule has 0 spiro atoms. The molecule has 2 fully saturated rings. The van der Waals surface area contributed by atoms with E-state index < -0.39 is 0 Å². The number of hydrogen-bond donors (Lipinski definition) is 1. The van der Waals surface area contributed by atoms with Gasteiger partial charge in [0, 0.05) is 49.3 Å². The largest absolute Gasteiger partial charge is 0.379 e. The maximum atomic E-state index is 6.07. The van der Waals surface area contributed by atoms with Crippen LogP contribution in [0.2, 0.25) is 0 Å². The summed E-state index contributed by atoms with van der Waals surface area (Å²) in [6.45, 7) is 6.83. The molecule has 2 atom stereocenters. The van der Waals surface area contributed by atoms with Gasteiger partial charge in [0.1, 0.15) is 0 Å². The van der Waals surface area contributed by atoms with Gasteiger partial charge in [0.2, 0.25) is 0 Å². The lowest BCUT2D eigenvalue weighted by Crippen LogP contribution is -2.45. The van der Waals surface area contributed by atoms with E-state index in [1.165, 1.54) is 12.0 Å². The Kier molecular flexibility index (Phi) is 5.29. The maximum Gasteiger partial charge on any atom is 0.0594 e. The van der Waals surface area contributed by atoms with Crippen molar-refractivity contribution >= 4 is 15.9 Å². The first-order chi connectivity index (χ1) is 10.3. The second kappa shape index (κ2) is 7.20. The number of ether oxygens (including phenoxy) is 1. The van der Waals surface area contributed by atoms with Gasteiger partial charge >= 0.3 is 0 Å². The number of halogens is 1. The predicted molar refractivity (Wildman–Crippen MR) is 88.3 cm³/mol. The van der Waals surface area contributed by atoms with Crippen LogP contribution in [0.4, 0.5) is 0 Å². The first kappa shape index (κ1) is 15.4. The Bertz CT molecular complexity index is 465. The van der Waals surface area contributed by atoms with Gasteiger partial charge < -0.3 is 10.5 Å². The minimum absolute atomic E-state index is 0.327. The average Bonchev–Trinajstić information content (AvgIpc) is 2.99. The molecule has 116 valence electrons. The Labute approximate surface area is 135 Å². The van der Waals surface area contributed by atoms with E-state index >= 15 is 0 Å². The minimum Gasteiger partial charge on any atom is -0.379 e. The van der Waals surface area contributed by atoms with Crippen LogP contribution in [-0.4, -0.2) is 61.8 Å². The van der Waals surface area contributed by atoms with Gasteiger partial charge in [-0.25, -0.2) is 0 Å². The molecule has 0 amide bonds. The first-order valence-corrected chi connectivity index (χ1v) is 8.58. The van der Waals surface area contributed by atoms with E-state index in [1.54, 1.807) is 0 Å². The Morgan fingerprint density at radius 1 is 1.29 bits per heavy atom. The first-order valence-electron chi connectivity index (χ1n) is 7.79. The van der Waals surface area contributed by atoms with E-state index in [0.717, 1.165) is 43.9 Å². The summed E-state index contributed by atoms with van der Waals surface area (Å²) in [5.41, 5.74) is 7.38. The second-order valence-corrected chi connectivity index (χ2v) is 6.81. The molecule has 0 radical (unpaired) electrons. The summed E-state index contributed by atoms with van der Waals surface area (Å²) in [4.78, 5) is 5.12. The van der Waals surface area contributed by atoms with Gasteiger partial charge in [-0.1, -0.05) is 28.1 Å². The van der Waals surface area contributed by atoms with Crippen molar-refractivity contribution < 1.29 is 4.74 Å². The Morgan fingerprint density at radius 3 is 2.81 bits per heavy atom. The molecule has 2 aliphatic rings. The zero-order valence-corrected chi connectivity index (χ0v) is 14.0. The predicted octanol–water partition coefficient (Wildman–Crippen LogP) is 1.86. The van der Waals surface area contributed by atoms with Crippen molar-refractivity contribution in [1.29, 1.82) is 0 Å². The molecule has 0 saturated carbocycles. The number of nitrogens with two attached hydrogens (primary N) is 1. The van der Waals surface area contributed by atoms with Crippen LogP contribution in [0, 0.1) is 0 Å². The highest BCUT2D eigenvalue weighted by molar-refractivity contribution is 9.10. The van der Waals surface area contributed by atoms with Crippen LogP contribution in [0.15, 0.2) is 28.7 Å². The molecule has 2 unspecified atom stereocenters. The normalized spacial score (nSPS) is 26.1. The number of nitrogens with zero attached hydrogens (tertiary/aromatic N) is 2. The Morgan fingerprint density at radius 2 is 2.10 bits per heavy atom. The van der Waals surface area contributed by atoms with Gasteiger partial charge in [-0.2, -0.15) is 0 Å². The van der Waals surface area contributed by atoms with Crippen LogP contribution in [0.5, 0.6) is 0 Å². The molecular formula is C16H24BrN3O. The van der Waals surface area contributed by atoms with Crippen molar-refractivity contribution in [2.24, 2.45) is 5.73 Å². The summed E-state index contributed by atoms with van der Waals surface area (Å²) >= 11 is 3.56. The third kappa shape index (κ3) is 3.66. The SMILES string of the molecule is NCC(c1cccc(Br)c1)N1CCC(N2CCOCC2)C1. The molecule has 0 bridgehead atoms. The summed E-state index contributed by atoms with van der Waals surface area (Å²) in [7, 11) is 0. The lowest BCUT2D eigenvalue weighted by molar-refractivity contribution is 0.0176. The zero-order chi connectivity index (χ0) is 14.7. The van der Waals surface area contributed by atoms with Gasteiger partial charge in [0.05, 0.1) is 13.2 Å². The summed E-state index contributed by atoms with van der Waals surface area (Å²) in [6.07, 6.45) is 1.24. The molecule has 0 aromatic heterocycles. The van der Waals surface area contributed by atoms with Crippen LogP contribution in [-0.2, 0) is 4.74 Å². The zero-order valence-electron chi connectivity index (χ0n) is 12.4. The number of likely N-dealkylation sites (tertiary alicyclic amines) is 1. The van der Waals surface area contributed by atoms with Crippen molar-refractivity contribution in [3.63, 3.8) is 0 Å². The maximum absolute atomic E-state index is 6.07. The lowest BCUT2D eigenvalue weighted by atomic mass is 10.1. The summed E-state index contributed by atoms with van der Waals surface area (Å²) in [5, 5.41) is 0. The monoisotopic (exact) mass is 353 g/mol. The van der Waals surface area contributed by atoms with Gasteiger partial charge in [-0.15, -0.1) is 0 Å². The number of benzene rings is 1. The van der Waals surface area contributed by atoms with Gasteiger partial charge in [-0.05, 0) is 24.1 Å².